The van der Waals surface area contributed by atoms with Crippen LogP contribution in [0.2, 0.25) is 0 Å². The van der Waals surface area contributed by atoms with Gasteiger partial charge in [0.25, 0.3) is 0 Å². The van der Waals surface area contributed by atoms with Crippen molar-refractivity contribution in [1.82, 2.24) is 15.2 Å². The van der Waals surface area contributed by atoms with E-state index in [2.05, 4.69) is 65.4 Å². The number of allylic oxidation sites excluding steroid dienone is 1. The van der Waals surface area contributed by atoms with Crippen LogP contribution in [0.25, 0.3) is 11.8 Å². The Morgan fingerprint density at radius 3 is 2.57 bits per heavy atom. The smallest absolute Gasteiger partial charge is 0.149 e. The van der Waals surface area contributed by atoms with Crippen LogP contribution in [0, 0.1) is 5.92 Å². The topological polar surface area (TPSA) is 69.4 Å². The van der Waals surface area contributed by atoms with E-state index in [0.29, 0.717) is 11.8 Å². The number of aliphatic imine (C=N–C) groups is 1. The number of nitrogens with zero attached hydrogens (tertiary/aromatic N) is 2. The molecular formula is C23H37N5. The first kappa shape index (κ1) is 21.9. The lowest BCUT2D eigenvalue weighted by Crippen LogP contribution is -2.36. The van der Waals surface area contributed by atoms with Crippen LogP contribution in [-0.4, -0.2) is 29.3 Å². The average Bonchev–Trinajstić information content (AvgIpc) is 3.08. The highest BCUT2D eigenvalue weighted by molar-refractivity contribution is 6.03. The molecule has 1 aromatic rings. The normalized spacial score (nSPS) is 16.2. The first-order valence-corrected chi connectivity index (χ1v) is 10.6. The molecule has 0 aliphatic carbocycles. The molecule has 0 fully saturated rings. The van der Waals surface area contributed by atoms with E-state index in [1.54, 1.807) is 6.20 Å². The second kappa shape index (κ2) is 10.8. The standard InChI is InChI=1S/C23H37N5/c1-6-10-17(11-7-2)16-28-14-13-26-23(24)22(28)21(25-5)20-15-18(9-4)19(27-20)12-8-3/h8,12-15,17,25,27H,6-7,9-11,16H2,1-5H3,(H2,24,26)/b12-8-,22-21-. The summed E-state index contributed by atoms with van der Waals surface area (Å²) >= 11 is 0. The zero-order valence-electron chi connectivity index (χ0n) is 18.2. The zero-order chi connectivity index (χ0) is 20.5. The van der Waals surface area contributed by atoms with E-state index in [1.165, 1.54) is 31.2 Å². The summed E-state index contributed by atoms with van der Waals surface area (Å²) in [6.45, 7) is 9.69. The van der Waals surface area contributed by atoms with Crippen molar-refractivity contribution in [3.05, 3.63) is 47.2 Å². The van der Waals surface area contributed by atoms with Crippen molar-refractivity contribution >= 4 is 17.6 Å². The molecule has 0 saturated heterocycles. The maximum atomic E-state index is 6.37. The van der Waals surface area contributed by atoms with Gasteiger partial charge in [0.15, 0.2) is 0 Å². The van der Waals surface area contributed by atoms with Crippen LogP contribution in [0.4, 0.5) is 0 Å². The monoisotopic (exact) mass is 383 g/mol. The summed E-state index contributed by atoms with van der Waals surface area (Å²) in [5.74, 6) is 1.20. The third-order valence-corrected chi connectivity index (χ3v) is 5.24. The highest BCUT2D eigenvalue weighted by Gasteiger charge is 2.24. The molecule has 5 heteroatoms. The number of aromatic amines is 1. The van der Waals surface area contributed by atoms with Crippen molar-refractivity contribution in [3.63, 3.8) is 0 Å². The molecule has 2 rings (SSSR count). The first-order chi connectivity index (χ1) is 13.6. The molecule has 2 heterocycles. The van der Waals surface area contributed by atoms with Crippen LogP contribution >= 0.6 is 0 Å². The maximum Gasteiger partial charge on any atom is 0.149 e. The number of aromatic nitrogens is 1. The SMILES string of the molecule is C/C=C\c1[nH]c(/C(NC)=C2\C(N)=NC=CN2CC(CCC)CCC)cc1CC. The predicted octanol–water partition coefficient (Wildman–Crippen LogP) is 4.86. The average molecular weight is 384 g/mol. The van der Waals surface area contributed by atoms with Crippen molar-refractivity contribution in [3.8, 4) is 0 Å². The number of rotatable bonds is 10. The van der Waals surface area contributed by atoms with Crippen molar-refractivity contribution < 1.29 is 0 Å². The maximum absolute atomic E-state index is 6.37. The fraction of sp³-hybridized carbons (Fsp3) is 0.522. The van der Waals surface area contributed by atoms with Gasteiger partial charge in [-0.1, -0.05) is 39.7 Å². The summed E-state index contributed by atoms with van der Waals surface area (Å²) in [4.78, 5) is 10.2. The number of nitrogens with one attached hydrogen (secondary N) is 2. The van der Waals surface area contributed by atoms with Gasteiger partial charge >= 0.3 is 0 Å². The van der Waals surface area contributed by atoms with Crippen molar-refractivity contribution in [2.24, 2.45) is 16.6 Å². The summed E-state index contributed by atoms with van der Waals surface area (Å²) in [6.07, 6.45) is 13.9. The molecule has 154 valence electrons. The van der Waals surface area contributed by atoms with Crippen LogP contribution in [0.3, 0.4) is 0 Å². The third kappa shape index (κ3) is 5.09. The summed E-state index contributed by atoms with van der Waals surface area (Å²) in [7, 11) is 1.95. The molecule has 0 amide bonds. The van der Waals surface area contributed by atoms with Gasteiger partial charge in [-0.25, -0.2) is 4.99 Å². The molecular weight excluding hydrogens is 346 g/mol. The lowest BCUT2D eigenvalue weighted by molar-refractivity contribution is 0.331. The van der Waals surface area contributed by atoms with Gasteiger partial charge in [-0.2, -0.15) is 0 Å². The van der Waals surface area contributed by atoms with Crippen LogP contribution in [0.15, 0.2) is 35.2 Å². The Labute approximate surface area is 170 Å². The van der Waals surface area contributed by atoms with E-state index in [-0.39, 0.29) is 0 Å². The molecule has 4 N–H and O–H groups in total. The summed E-state index contributed by atoms with van der Waals surface area (Å²) in [5, 5.41) is 3.38. The van der Waals surface area contributed by atoms with Gasteiger partial charge in [-0.05, 0) is 49.8 Å². The van der Waals surface area contributed by atoms with Gasteiger partial charge in [0, 0.05) is 31.7 Å². The van der Waals surface area contributed by atoms with E-state index in [0.717, 1.165) is 35.7 Å². The molecule has 0 atom stereocenters. The van der Waals surface area contributed by atoms with E-state index in [4.69, 9.17) is 5.73 Å². The summed E-state index contributed by atoms with van der Waals surface area (Å²) < 4.78 is 0. The first-order valence-electron chi connectivity index (χ1n) is 10.6. The molecule has 0 spiro atoms. The van der Waals surface area contributed by atoms with Crippen LogP contribution in [0.1, 0.15) is 70.3 Å². The predicted molar refractivity (Wildman–Crippen MR) is 122 cm³/mol. The van der Waals surface area contributed by atoms with Crippen molar-refractivity contribution in [1.29, 1.82) is 0 Å². The molecule has 0 saturated carbocycles. The summed E-state index contributed by atoms with van der Waals surface area (Å²) in [5.41, 5.74) is 11.8. The quantitative estimate of drug-likeness (QED) is 0.540. The Morgan fingerprint density at radius 2 is 2.00 bits per heavy atom. The summed E-state index contributed by atoms with van der Waals surface area (Å²) in [6, 6.07) is 2.22. The molecule has 0 bridgehead atoms. The lowest BCUT2D eigenvalue weighted by atomic mass is 9.97. The lowest BCUT2D eigenvalue weighted by Gasteiger charge is -2.31. The Morgan fingerprint density at radius 1 is 1.29 bits per heavy atom. The number of hydrogen-bond donors (Lipinski definition) is 3. The second-order valence-electron chi connectivity index (χ2n) is 7.36. The number of nitrogens with two attached hydrogens (primary N) is 1. The molecule has 1 aromatic heterocycles. The van der Waals surface area contributed by atoms with E-state index < -0.39 is 0 Å². The van der Waals surface area contributed by atoms with E-state index >= 15 is 0 Å². The van der Waals surface area contributed by atoms with Gasteiger partial charge < -0.3 is 20.9 Å². The zero-order valence-corrected chi connectivity index (χ0v) is 18.2. The number of H-pyrrole nitrogens is 1. The Hall–Kier alpha value is -2.43. The minimum absolute atomic E-state index is 0.554. The van der Waals surface area contributed by atoms with Crippen LogP contribution in [-0.2, 0) is 6.42 Å². The second-order valence-corrected chi connectivity index (χ2v) is 7.36. The van der Waals surface area contributed by atoms with Crippen LogP contribution < -0.4 is 11.1 Å². The fourth-order valence-electron chi connectivity index (χ4n) is 3.96. The van der Waals surface area contributed by atoms with Crippen molar-refractivity contribution in [2.75, 3.05) is 13.6 Å². The van der Waals surface area contributed by atoms with Gasteiger partial charge in [-0.15, -0.1) is 0 Å². The Bertz CT molecular complexity index is 745. The Balaban J connectivity index is 2.47. The third-order valence-electron chi connectivity index (χ3n) is 5.24. The van der Waals surface area contributed by atoms with Crippen molar-refractivity contribution in [2.45, 2.75) is 59.8 Å². The number of amidine groups is 1. The molecule has 1 aliphatic rings. The highest BCUT2D eigenvalue weighted by Crippen LogP contribution is 2.27. The minimum atomic E-state index is 0.554. The number of hydrogen-bond acceptors (Lipinski definition) is 4. The number of aryl methyl sites for hydroxylation is 1. The van der Waals surface area contributed by atoms with E-state index in [1.807, 2.05) is 14.0 Å². The molecule has 0 radical (unpaired) electrons. The molecule has 1 aliphatic heterocycles. The van der Waals surface area contributed by atoms with E-state index in [9.17, 15) is 0 Å². The largest absolute Gasteiger partial charge is 0.385 e. The molecule has 5 nitrogen and oxygen atoms in total. The Kier molecular flexibility index (Phi) is 8.42. The fourth-order valence-corrected chi connectivity index (χ4v) is 3.96. The highest BCUT2D eigenvalue weighted by atomic mass is 15.2. The molecule has 0 aromatic carbocycles. The van der Waals surface area contributed by atoms with Gasteiger partial charge in [0.05, 0.1) is 11.4 Å². The van der Waals surface area contributed by atoms with Gasteiger partial charge in [0.1, 0.15) is 11.5 Å². The van der Waals surface area contributed by atoms with Gasteiger partial charge in [0.2, 0.25) is 0 Å². The molecule has 0 unspecified atom stereocenters. The van der Waals surface area contributed by atoms with Crippen LogP contribution in [0.5, 0.6) is 0 Å². The van der Waals surface area contributed by atoms with Gasteiger partial charge in [-0.3, -0.25) is 0 Å². The molecule has 28 heavy (non-hydrogen) atoms. The minimum Gasteiger partial charge on any atom is -0.385 e.